The van der Waals surface area contributed by atoms with Gasteiger partial charge < -0.3 is 5.32 Å². The second-order valence-corrected chi connectivity index (χ2v) is 7.29. The van der Waals surface area contributed by atoms with Crippen molar-refractivity contribution in [2.45, 2.75) is 24.1 Å². The number of fused-ring (bicyclic) bond motifs is 1. The minimum absolute atomic E-state index is 0.163. The molecule has 0 fully saturated rings. The predicted octanol–water partition coefficient (Wildman–Crippen LogP) is 4.39. The maximum Gasteiger partial charge on any atom is 0.255 e. The summed E-state index contributed by atoms with van der Waals surface area (Å²) in [4.78, 5) is 17.8. The van der Waals surface area contributed by atoms with Gasteiger partial charge in [-0.3, -0.25) is 9.78 Å². The molecule has 0 saturated heterocycles. The highest BCUT2D eigenvalue weighted by Gasteiger charge is 2.10. The summed E-state index contributed by atoms with van der Waals surface area (Å²) in [7, 11) is 0. The number of hydrogen-bond donors (Lipinski definition) is 1. The van der Waals surface area contributed by atoms with E-state index in [0.29, 0.717) is 5.56 Å². The summed E-state index contributed by atoms with van der Waals surface area (Å²) in [6, 6.07) is 17.3. The zero-order valence-electron chi connectivity index (χ0n) is 15.4. The molecule has 28 heavy (non-hydrogen) atoms. The number of carbonyl (C=O) groups is 1. The van der Waals surface area contributed by atoms with Crippen LogP contribution in [0.2, 0.25) is 0 Å². The van der Waals surface area contributed by atoms with Gasteiger partial charge in [0.15, 0.2) is 0 Å². The number of amides is 1. The van der Waals surface area contributed by atoms with E-state index in [9.17, 15) is 4.79 Å². The molecular formula is C21H19N5OS. The third kappa shape index (κ3) is 4.04. The molecule has 2 heterocycles. The zero-order chi connectivity index (χ0) is 19.3. The maximum absolute atomic E-state index is 12.6. The Balaban J connectivity index is 1.40. The monoisotopic (exact) mass is 389 g/mol. The van der Waals surface area contributed by atoms with E-state index in [4.69, 9.17) is 0 Å². The summed E-state index contributed by atoms with van der Waals surface area (Å²) in [5.74, 6) is 0.696. The molecule has 0 atom stereocenters. The first-order valence-corrected chi connectivity index (χ1v) is 9.98. The van der Waals surface area contributed by atoms with Gasteiger partial charge in [0.05, 0.1) is 5.52 Å². The molecule has 0 aliphatic carbocycles. The summed E-state index contributed by atoms with van der Waals surface area (Å²) >= 11 is 1.73. The fourth-order valence-corrected chi connectivity index (χ4v) is 3.67. The van der Waals surface area contributed by atoms with Gasteiger partial charge in [-0.05, 0) is 61.0 Å². The van der Waals surface area contributed by atoms with Crippen molar-refractivity contribution in [3.05, 3.63) is 78.1 Å². The van der Waals surface area contributed by atoms with E-state index < -0.39 is 0 Å². The zero-order valence-corrected chi connectivity index (χ0v) is 16.2. The van der Waals surface area contributed by atoms with Gasteiger partial charge in [-0.1, -0.05) is 11.3 Å². The molecule has 7 heteroatoms. The highest BCUT2D eigenvalue weighted by atomic mass is 32.2. The van der Waals surface area contributed by atoms with Crippen LogP contribution in [-0.4, -0.2) is 25.9 Å². The third-order valence-corrected chi connectivity index (χ3v) is 5.40. The predicted molar refractivity (Wildman–Crippen MR) is 111 cm³/mol. The minimum atomic E-state index is -0.163. The van der Waals surface area contributed by atoms with Crippen molar-refractivity contribution in [2.75, 3.05) is 5.32 Å². The van der Waals surface area contributed by atoms with Crippen molar-refractivity contribution in [3.63, 3.8) is 0 Å². The Morgan fingerprint density at radius 2 is 2.00 bits per heavy atom. The number of benzene rings is 2. The number of nitrogens with one attached hydrogen (secondary N) is 1. The first-order chi connectivity index (χ1) is 13.7. The van der Waals surface area contributed by atoms with Gasteiger partial charge in [-0.25, -0.2) is 4.68 Å². The first kappa shape index (κ1) is 18.2. The fraction of sp³-hybridized carbons (Fsp3) is 0.143. The van der Waals surface area contributed by atoms with Crippen LogP contribution in [0.1, 0.15) is 22.8 Å². The number of thioether (sulfide) groups is 1. The molecule has 0 unspecified atom stereocenters. The molecule has 4 rings (SSSR count). The lowest BCUT2D eigenvalue weighted by Gasteiger charge is -2.07. The number of pyridine rings is 1. The van der Waals surface area contributed by atoms with Gasteiger partial charge in [-0.15, -0.1) is 16.9 Å². The third-order valence-electron chi connectivity index (χ3n) is 4.32. The molecular weight excluding hydrogens is 370 g/mol. The van der Waals surface area contributed by atoms with Crippen LogP contribution in [0, 0.1) is 0 Å². The summed E-state index contributed by atoms with van der Waals surface area (Å²) < 4.78 is 1.80. The quantitative estimate of drug-likeness (QED) is 0.495. The number of nitrogens with zero attached hydrogens (tertiary/aromatic N) is 4. The van der Waals surface area contributed by atoms with Crippen molar-refractivity contribution in [1.29, 1.82) is 0 Å². The van der Waals surface area contributed by atoms with Crippen LogP contribution in [0.5, 0.6) is 0 Å². The van der Waals surface area contributed by atoms with E-state index in [-0.39, 0.29) is 5.91 Å². The van der Waals surface area contributed by atoms with E-state index in [1.165, 1.54) is 5.56 Å². The molecule has 4 aromatic rings. The molecule has 2 aromatic heterocycles. The van der Waals surface area contributed by atoms with Gasteiger partial charge in [0.25, 0.3) is 5.91 Å². The molecule has 0 bridgehead atoms. The summed E-state index contributed by atoms with van der Waals surface area (Å²) in [5.41, 5.74) is 4.14. The smallest absolute Gasteiger partial charge is 0.255 e. The van der Waals surface area contributed by atoms with E-state index in [1.807, 2.05) is 49.5 Å². The van der Waals surface area contributed by atoms with Crippen LogP contribution in [0.25, 0.3) is 11.0 Å². The van der Waals surface area contributed by atoms with E-state index in [0.717, 1.165) is 33.9 Å². The Morgan fingerprint density at radius 3 is 2.75 bits per heavy atom. The van der Waals surface area contributed by atoms with Crippen molar-refractivity contribution in [2.24, 2.45) is 0 Å². The lowest BCUT2D eigenvalue weighted by molar-refractivity contribution is 0.102. The molecule has 0 radical (unpaired) electrons. The van der Waals surface area contributed by atoms with Gasteiger partial charge >= 0.3 is 0 Å². The number of hydrogen-bond acceptors (Lipinski definition) is 5. The second-order valence-electron chi connectivity index (χ2n) is 6.24. The van der Waals surface area contributed by atoms with Crippen molar-refractivity contribution in [1.82, 2.24) is 20.0 Å². The standard InChI is InChI=1S/C21H19N5OS/c1-2-26-20-10-5-16(12-19(20)24-25-26)21(27)23-17-6-8-18(9-7-17)28-14-15-4-3-11-22-13-15/h3-13H,2,14H2,1H3,(H,23,27). The highest BCUT2D eigenvalue weighted by Crippen LogP contribution is 2.24. The van der Waals surface area contributed by atoms with Crippen LogP contribution in [-0.2, 0) is 12.3 Å². The average Bonchev–Trinajstić information content (AvgIpc) is 3.16. The SMILES string of the molecule is CCn1nnc2cc(C(=O)Nc3ccc(SCc4cccnc4)cc3)ccc21. The van der Waals surface area contributed by atoms with Crippen LogP contribution < -0.4 is 5.32 Å². The lowest BCUT2D eigenvalue weighted by Crippen LogP contribution is -2.11. The lowest BCUT2D eigenvalue weighted by atomic mass is 10.2. The molecule has 140 valence electrons. The van der Waals surface area contributed by atoms with E-state index in [2.05, 4.69) is 26.7 Å². The van der Waals surface area contributed by atoms with Gasteiger partial charge in [0, 0.05) is 40.8 Å². The van der Waals surface area contributed by atoms with Crippen LogP contribution in [0.3, 0.4) is 0 Å². The summed E-state index contributed by atoms with van der Waals surface area (Å²) in [6.45, 7) is 2.75. The van der Waals surface area contributed by atoms with Crippen molar-refractivity contribution in [3.8, 4) is 0 Å². The first-order valence-electron chi connectivity index (χ1n) is 8.99. The highest BCUT2D eigenvalue weighted by molar-refractivity contribution is 7.98. The minimum Gasteiger partial charge on any atom is -0.322 e. The number of carbonyl (C=O) groups excluding carboxylic acids is 1. The fourth-order valence-electron chi connectivity index (χ4n) is 2.83. The topological polar surface area (TPSA) is 72.7 Å². The maximum atomic E-state index is 12.6. The number of rotatable bonds is 6. The molecule has 0 spiro atoms. The van der Waals surface area contributed by atoms with Crippen molar-refractivity contribution >= 4 is 34.4 Å². The Labute approximate surface area is 167 Å². The number of aromatic nitrogens is 4. The molecule has 0 aliphatic rings. The Hall–Kier alpha value is -3.19. The van der Waals surface area contributed by atoms with Gasteiger partial charge in [0.1, 0.15) is 5.52 Å². The summed E-state index contributed by atoms with van der Waals surface area (Å²) in [6.07, 6.45) is 3.65. The number of aryl methyl sites for hydroxylation is 1. The summed E-state index contributed by atoms with van der Waals surface area (Å²) in [5, 5.41) is 11.1. The second kappa shape index (κ2) is 8.22. The van der Waals surface area contributed by atoms with Crippen LogP contribution in [0.15, 0.2) is 71.9 Å². The number of anilines is 1. The Bertz CT molecular complexity index is 1090. The molecule has 6 nitrogen and oxygen atoms in total. The average molecular weight is 389 g/mol. The molecule has 1 N–H and O–H groups in total. The van der Waals surface area contributed by atoms with E-state index in [1.54, 1.807) is 34.8 Å². The van der Waals surface area contributed by atoms with Crippen LogP contribution >= 0.6 is 11.8 Å². The molecule has 0 saturated carbocycles. The van der Waals surface area contributed by atoms with Crippen LogP contribution in [0.4, 0.5) is 5.69 Å². The van der Waals surface area contributed by atoms with Gasteiger partial charge in [-0.2, -0.15) is 0 Å². The Kier molecular flexibility index (Phi) is 5.34. The van der Waals surface area contributed by atoms with Crippen molar-refractivity contribution < 1.29 is 4.79 Å². The molecule has 1 amide bonds. The molecule has 0 aliphatic heterocycles. The van der Waals surface area contributed by atoms with Gasteiger partial charge in [0.2, 0.25) is 0 Å². The Morgan fingerprint density at radius 1 is 1.14 bits per heavy atom. The van der Waals surface area contributed by atoms with E-state index >= 15 is 0 Å². The molecule has 2 aromatic carbocycles. The normalized spacial score (nSPS) is 10.9. The largest absolute Gasteiger partial charge is 0.322 e.